The van der Waals surface area contributed by atoms with Crippen molar-refractivity contribution in [1.82, 2.24) is 0 Å². The van der Waals surface area contributed by atoms with E-state index in [1.807, 2.05) is 0 Å². The van der Waals surface area contributed by atoms with E-state index in [9.17, 15) is 0 Å². The lowest BCUT2D eigenvalue weighted by molar-refractivity contribution is 0.569. The molecule has 0 saturated carbocycles. The van der Waals surface area contributed by atoms with Crippen molar-refractivity contribution in [2.45, 2.75) is 143 Å². The number of hydrogen-bond acceptors (Lipinski definition) is 0. The largest absolute Gasteiger partial charge is 0.0722 e. The lowest BCUT2D eigenvalue weighted by Gasteiger charge is -2.39. The summed E-state index contributed by atoms with van der Waals surface area (Å²) in [4.78, 5) is 0. The molecule has 4 aromatic rings. The molecule has 6 rings (SSSR count). The van der Waals surface area contributed by atoms with Crippen molar-refractivity contribution in [2.24, 2.45) is 0 Å². The summed E-state index contributed by atoms with van der Waals surface area (Å²) in [6, 6.07) is 29.0. The zero-order valence-electron chi connectivity index (χ0n) is 34.7. The normalized spacial score (nSPS) is 18.0. The lowest BCUT2D eigenvalue weighted by Crippen LogP contribution is -2.42. The van der Waals surface area contributed by atoms with E-state index in [-0.39, 0.29) is 21.7 Å². The van der Waals surface area contributed by atoms with Crippen LogP contribution in [0.3, 0.4) is 0 Å². The summed E-state index contributed by atoms with van der Waals surface area (Å²) in [6.07, 6.45) is 5.10. The van der Waals surface area contributed by atoms with Gasteiger partial charge in [0.2, 0.25) is 0 Å². The minimum atomic E-state index is -2.05. The van der Waals surface area contributed by atoms with Gasteiger partial charge in [-0.25, -0.2) is 0 Å². The predicted octanol–water partition coefficient (Wildman–Crippen LogP) is 14.7. The molecule has 2 aliphatic carbocycles. The van der Waals surface area contributed by atoms with E-state index in [0.29, 0.717) is 11.1 Å². The first-order chi connectivity index (χ1) is 23.4. The van der Waals surface area contributed by atoms with Gasteiger partial charge in [0.05, 0.1) is 8.07 Å². The van der Waals surface area contributed by atoms with Gasteiger partial charge in [-0.2, -0.15) is 0 Å². The molecule has 0 fully saturated rings. The molecule has 0 aromatic heterocycles. The molecule has 0 nitrogen and oxygen atoms in total. The van der Waals surface area contributed by atoms with Crippen LogP contribution in [0.5, 0.6) is 0 Å². The minimum Gasteiger partial charge on any atom is -0.0679 e. The van der Waals surface area contributed by atoms with Crippen LogP contribution < -0.4 is 0 Å². The highest BCUT2D eigenvalue weighted by atomic mass is 28.3. The third-order valence-corrected chi connectivity index (χ3v) is 16.5. The Morgan fingerprint density at radius 3 is 1.37 bits per heavy atom. The molecule has 1 heteroatoms. The van der Waals surface area contributed by atoms with Crippen LogP contribution in [0.1, 0.15) is 153 Å². The van der Waals surface area contributed by atoms with E-state index < -0.39 is 8.07 Å². The highest BCUT2D eigenvalue weighted by Gasteiger charge is 2.47. The Morgan fingerprint density at radius 1 is 0.431 bits per heavy atom. The fraction of sp³-hybridized carbons (Fsp3) is 0.440. The second kappa shape index (κ2) is 12.3. The maximum absolute atomic E-state index is 2.67. The number of fused-ring (bicyclic) bond motifs is 2. The number of rotatable bonds is 4. The molecule has 2 atom stereocenters. The monoisotopic (exact) mass is 692 g/mol. The van der Waals surface area contributed by atoms with E-state index >= 15 is 0 Å². The Labute approximate surface area is 312 Å². The molecule has 0 bridgehead atoms. The summed E-state index contributed by atoms with van der Waals surface area (Å²) >= 11 is 0. The quantitative estimate of drug-likeness (QED) is 0.187. The second-order valence-electron chi connectivity index (χ2n) is 20.7. The third kappa shape index (κ3) is 6.81. The predicted molar refractivity (Wildman–Crippen MR) is 229 cm³/mol. The molecule has 51 heavy (non-hydrogen) atoms. The van der Waals surface area contributed by atoms with Crippen molar-refractivity contribution < 1.29 is 0 Å². The zero-order chi connectivity index (χ0) is 37.6. The molecule has 0 N–H and O–H groups in total. The van der Waals surface area contributed by atoms with Crippen LogP contribution in [0.15, 0.2) is 83.9 Å². The van der Waals surface area contributed by atoms with Crippen LogP contribution in [0.2, 0.25) is 13.1 Å². The summed E-state index contributed by atoms with van der Waals surface area (Å²) in [5.41, 5.74) is 21.3. The van der Waals surface area contributed by atoms with Crippen LogP contribution in [0.25, 0.3) is 34.4 Å². The van der Waals surface area contributed by atoms with Gasteiger partial charge in [-0.05, 0) is 102 Å². The number of allylic oxidation sites excluding steroid dienone is 2. The van der Waals surface area contributed by atoms with E-state index in [2.05, 4.69) is 195 Å². The third-order valence-electron chi connectivity index (χ3n) is 12.0. The first-order valence-corrected chi connectivity index (χ1v) is 22.5. The number of hydrogen-bond donors (Lipinski definition) is 0. The molecule has 0 aliphatic heterocycles. The molecule has 4 aromatic carbocycles. The van der Waals surface area contributed by atoms with Gasteiger partial charge >= 0.3 is 0 Å². The van der Waals surface area contributed by atoms with Gasteiger partial charge in [0, 0.05) is 11.1 Å². The maximum atomic E-state index is 2.67. The molecule has 0 saturated heterocycles. The van der Waals surface area contributed by atoms with Gasteiger partial charge in [0.1, 0.15) is 0 Å². The summed E-state index contributed by atoms with van der Waals surface area (Å²) in [5.74, 6) is 0. The molecule has 0 heterocycles. The maximum Gasteiger partial charge on any atom is 0.0722 e. The van der Waals surface area contributed by atoms with Gasteiger partial charge in [0.25, 0.3) is 0 Å². The zero-order valence-corrected chi connectivity index (χ0v) is 35.7. The van der Waals surface area contributed by atoms with Crippen LogP contribution in [0, 0.1) is 0 Å². The average molecular weight is 693 g/mol. The molecular formula is C50H64Si. The van der Waals surface area contributed by atoms with Crippen molar-refractivity contribution in [3.8, 4) is 22.3 Å². The van der Waals surface area contributed by atoms with Crippen LogP contribution in [0.4, 0.5) is 0 Å². The van der Waals surface area contributed by atoms with Gasteiger partial charge in [-0.15, -0.1) is 0 Å². The van der Waals surface area contributed by atoms with Crippen LogP contribution >= 0.6 is 0 Å². The summed E-state index contributed by atoms with van der Waals surface area (Å²) in [6.45, 7) is 38.3. The van der Waals surface area contributed by atoms with Crippen molar-refractivity contribution in [3.05, 3.63) is 128 Å². The minimum absolute atomic E-state index is 0.0399. The van der Waals surface area contributed by atoms with Gasteiger partial charge < -0.3 is 0 Å². The van der Waals surface area contributed by atoms with Gasteiger partial charge in [-0.3, -0.25) is 0 Å². The molecule has 0 radical (unpaired) electrons. The van der Waals surface area contributed by atoms with Gasteiger partial charge in [0.15, 0.2) is 0 Å². The highest BCUT2D eigenvalue weighted by Crippen LogP contribution is 2.55. The lowest BCUT2D eigenvalue weighted by atomic mass is 9.77. The highest BCUT2D eigenvalue weighted by molar-refractivity contribution is 6.81. The first kappa shape index (κ1) is 37.3. The van der Waals surface area contributed by atoms with E-state index in [4.69, 9.17) is 0 Å². The van der Waals surface area contributed by atoms with Crippen LogP contribution in [-0.4, -0.2) is 8.07 Å². The standard InChI is InChI=1S/C50H64Si/c1-31-24-42-39(33-20-22-35(23-21-33)47(3,4)5)18-17-19-40(42)45(31)51(15,16)46-32(2)25-43-41(29-38(30-44(43)46)50(12,13)14)34-26-36(48(6,7)8)28-37(27-34)49(9,10)11/h17-30,45-46H,1-16H3. The van der Waals surface area contributed by atoms with E-state index in [1.165, 1.54) is 72.3 Å². The molecule has 0 spiro atoms. The Balaban J connectivity index is 1.51. The summed E-state index contributed by atoms with van der Waals surface area (Å²) in [7, 11) is -2.05. The van der Waals surface area contributed by atoms with Crippen molar-refractivity contribution >= 4 is 20.2 Å². The van der Waals surface area contributed by atoms with Crippen LogP contribution in [-0.2, 0) is 21.7 Å². The van der Waals surface area contributed by atoms with Crippen molar-refractivity contribution in [3.63, 3.8) is 0 Å². The number of benzene rings is 4. The summed E-state index contributed by atoms with van der Waals surface area (Å²) < 4.78 is 0. The molecule has 2 aliphatic rings. The second-order valence-corrected chi connectivity index (χ2v) is 25.5. The SMILES string of the molecule is CC1=Cc2c(-c3ccc(C(C)(C)C)cc3)cccc2C1[Si](C)(C)C1C(C)=Cc2c(-c3cc(C(C)(C)C)cc(C(C)(C)C)c3)cc(C(C)(C)C)cc21. The Morgan fingerprint density at radius 2 is 0.882 bits per heavy atom. The van der Waals surface area contributed by atoms with E-state index in [1.54, 1.807) is 5.56 Å². The summed E-state index contributed by atoms with van der Waals surface area (Å²) in [5, 5.41) is 0. The molecule has 268 valence electrons. The molecular weight excluding hydrogens is 629 g/mol. The average Bonchev–Trinajstić information content (AvgIpc) is 3.54. The Kier molecular flexibility index (Phi) is 9.03. The van der Waals surface area contributed by atoms with Crippen molar-refractivity contribution in [1.29, 1.82) is 0 Å². The fourth-order valence-corrected chi connectivity index (χ4v) is 14.0. The Bertz CT molecular complexity index is 2020. The molecule has 2 unspecified atom stereocenters. The smallest absolute Gasteiger partial charge is 0.0679 e. The fourth-order valence-electron chi connectivity index (χ4n) is 9.05. The first-order valence-electron chi connectivity index (χ1n) is 19.3. The Hall–Kier alpha value is -3.42. The van der Waals surface area contributed by atoms with E-state index in [0.717, 1.165) is 0 Å². The van der Waals surface area contributed by atoms with Gasteiger partial charge in [-0.1, -0.05) is 192 Å². The topological polar surface area (TPSA) is 0 Å². The van der Waals surface area contributed by atoms with Crippen molar-refractivity contribution in [2.75, 3.05) is 0 Å². The molecule has 0 amide bonds.